The Balaban J connectivity index is 1.45. The zero-order valence-electron chi connectivity index (χ0n) is 20.6. The number of rotatable bonds is 8. The summed E-state index contributed by atoms with van der Waals surface area (Å²) in [4.78, 5) is 41.5. The zero-order valence-corrected chi connectivity index (χ0v) is 21.4. The summed E-state index contributed by atoms with van der Waals surface area (Å²) in [5.74, 6) is 0.211. The van der Waals surface area contributed by atoms with Crippen molar-refractivity contribution in [2.24, 2.45) is 5.92 Å². The van der Waals surface area contributed by atoms with Crippen LogP contribution < -0.4 is 16.0 Å². The number of carbonyl (C=O) groups is 3. The van der Waals surface area contributed by atoms with Crippen molar-refractivity contribution >= 4 is 29.4 Å². The third-order valence-electron chi connectivity index (χ3n) is 7.70. The van der Waals surface area contributed by atoms with E-state index in [0.29, 0.717) is 17.9 Å². The van der Waals surface area contributed by atoms with Crippen LogP contribution in [0.5, 0.6) is 0 Å². The number of Topliss-reactive ketones (excluding diaryl/α,β-unsaturated/α-hetero) is 1. The van der Waals surface area contributed by atoms with Gasteiger partial charge in [-0.3, -0.25) is 19.7 Å². The van der Waals surface area contributed by atoms with Gasteiger partial charge in [-0.05, 0) is 69.8 Å². The number of halogens is 1. The molecule has 2 unspecified atom stereocenters. The summed E-state index contributed by atoms with van der Waals surface area (Å²) in [5, 5.41) is 9.44. The van der Waals surface area contributed by atoms with Gasteiger partial charge in [0.05, 0.1) is 23.5 Å². The highest BCUT2D eigenvalue weighted by molar-refractivity contribution is 8.00. The molecule has 3 aliphatic rings. The third-order valence-corrected chi connectivity index (χ3v) is 9.03. The summed E-state index contributed by atoms with van der Waals surface area (Å²) >= 11 is 1.67. The molecule has 0 radical (unpaired) electrons. The van der Waals surface area contributed by atoms with Crippen molar-refractivity contribution in [3.05, 3.63) is 35.6 Å². The van der Waals surface area contributed by atoms with Gasteiger partial charge in [-0.2, -0.15) is 0 Å². The second-order valence-corrected chi connectivity index (χ2v) is 11.2. The largest absolute Gasteiger partial charge is 0.343 e. The molecule has 192 valence electrons. The molecule has 3 N–H and O–H groups in total. The minimum absolute atomic E-state index is 0.00626. The molecule has 0 spiro atoms. The fraction of sp³-hybridized carbons (Fsp3) is 0.654. The van der Waals surface area contributed by atoms with E-state index >= 15 is 0 Å². The minimum atomic E-state index is -0.512. The number of carbonyl (C=O) groups excluding carboxylic acids is 3. The van der Waals surface area contributed by atoms with E-state index in [0.717, 1.165) is 38.5 Å². The number of nitrogens with zero attached hydrogens (tertiary/aromatic N) is 1. The molecule has 1 aromatic carbocycles. The quantitative estimate of drug-likeness (QED) is 0.472. The highest BCUT2D eigenvalue weighted by Crippen LogP contribution is 2.34. The number of benzene rings is 1. The van der Waals surface area contributed by atoms with Crippen LogP contribution in [0.4, 0.5) is 4.39 Å². The van der Waals surface area contributed by atoms with E-state index in [-0.39, 0.29) is 52.8 Å². The lowest BCUT2D eigenvalue weighted by molar-refractivity contribution is -0.139. The first kappa shape index (κ1) is 26.1. The van der Waals surface area contributed by atoms with Gasteiger partial charge in [0, 0.05) is 17.9 Å². The predicted octanol–water partition coefficient (Wildman–Crippen LogP) is 2.70. The average Bonchev–Trinajstić information content (AvgIpc) is 3.56. The number of ketones is 1. The van der Waals surface area contributed by atoms with E-state index in [1.165, 1.54) is 30.7 Å². The van der Waals surface area contributed by atoms with Gasteiger partial charge >= 0.3 is 0 Å². The maximum atomic E-state index is 13.9. The van der Waals surface area contributed by atoms with Crippen LogP contribution in [0.25, 0.3) is 0 Å². The lowest BCUT2D eigenvalue weighted by Crippen LogP contribution is -2.58. The first-order chi connectivity index (χ1) is 16.9. The van der Waals surface area contributed by atoms with Gasteiger partial charge in [0.25, 0.3) is 0 Å². The van der Waals surface area contributed by atoms with Gasteiger partial charge in [-0.1, -0.05) is 19.3 Å². The Morgan fingerprint density at radius 2 is 1.80 bits per heavy atom. The van der Waals surface area contributed by atoms with Gasteiger partial charge < -0.3 is 15.5 Å². The molecule has 9 heteroatoms. The van der Waals surface area contributed by atoms with E-state index < -0.39 is 6.04 Å². The Kier molecular flexibility index (Phi) is 8.83. The van der Waals surface area contributed by atoms with E-state index in [9.17, 15) is 18.8 Å². The van der Waals surface area contributed by atoms with Gasteiger partial charge in [0.15, 0.2) is 5.78 Å². The molecule has 5 atom stereocenters. The summed E-state index contributed by atoms with van der Waals surface area (Å²) in [5.41, 5.74) is 0.489. The molecule has 7 nitrogen and oxygen atoms in total. The Morgan fingerprint density at radius 3 is 2.49 bits per heavy atom. The third kappa shape index (κ3) is 6.06. The molecular formula is C26H37FN4O3S. The highest BCUT2D eigenvalue weighted by atomic mass is 32.2. The van der Waals surface area contributed by atoms with E-state index in [1.807, 2.05) is 4.90 Å². The Labute approximate surface area is 211 Å². The summed E-state index contributed by atoms with van der Waals surface area (Å²) < 4.78 is 13.3. The average molecular weight is 505 g/mol. The smallest absolute Gasteiger partial charge is 0.245 e. The molecule has 2 saturated heterocycles. The van der Waals surface area contributed by atoms with Gasteiger partial charge in [-0.25, -0.2) is 4.39 Å². The van der Waals surface area contributed by atoms with Crippen LogP contribution in [0.15, 0.2) is 24.3 Å². The highest BCUT2D eigenvalue weighted by Gasteiger charge is 2.44. The first-order valence-corrected chi connectivity index (χ1v) is 13.9. The minimum Gasteiger partial charge on any atom is -0.343 e. The summed E-state index contributed by atoms with van der Waals surface area (Å²) in [6.45, 7) is 2.47. The second kappa shape index (κ2) is 11.8. The molecule has 1 aliphatic carbocycles. The maximum absolute atomic E-state index is 13.9. The number of hydrogen-bond donors (Lipinski definition) is 3. The number of thioether (sulfide) groups is 1. The van der Waals surface area contributed by atoms with Crippen LogP contribution in [0.2, 0.25) is 0 Å². The lowest BCUT2D eigenvalue weighted by Gasteiger charge is -2.37. The SMILES string of the molecule is CN[C@@H](C)C(=O)N[C@H](C(=O)N1CCC[C@H]1C1NC(C(=O)c2ccc(F)cc2)CS1)C1CCCCC1. The Bertz CT molecular complexity index is 908. The fourth-order valence-electron chi connectivity index (χ4n) is 5.50. The van der Waals surface area contributed by atoms with Crippen LogP contribution in [0, 0.1) is 11.7 Å². The van der Waals surface area contributed by atoms with Crippen molar-refractivity contribution in [3.8, 4) is 0 Å². The van der Waals surface area contributed by atoms with Crippen LogP contribution in [-0.4, -0.2) is 71.4 Å². The van der Waals surface area contributed by atoms with Crippen molar-refractivity contribution in [2.75, 3.05) is 19.3 Å². The number of amides is 2. The van der Waals surface area contributed by atoms with Crippen molar-refractivity contribution in [3.63, 3.8) is 0 Å². The van der Waals surface area contributed by atoms with Crippen molar-refractivity contribution in [1.29, 1.82) is 0 Å². The predicted molar refractivity (Wildman–Crippen MR) is 136 cm³/mol. The summed E-state index contributed by atoms with van der Waals surface area (Å²) in [6.07, 6.45) is 7.03. The summed E-state index contributed by atoms with van der Waals surface area (Å²) in [7, 11) is 1.74. The van der Waals surface area contributed by atoms with Crippen LogP contribution in [0.1, 0.15) is 62.2 Å². The van der Waals surface area contributed by atoms with E-state index in [4.69, 9.17) is 0 Å². The zero-order chi connectivity index (χ0) is 24.9. The molecule has 35 heavy (non-hydrogen) atoms. The van der Waals surface area contributed by atoms with Gasteiger partial charge in [0.1, 0.15) is 11.9 Å². The van der Waals surface area contributed by atoms with Crippen LogP contribution in [0.3, 0.4) is 0 Å². The van der Waals surface area contributed by atoms with Crippen LogP contribution >= 0.6 is 11.8 Å². The molecule has 4 rings (SSSR count). The molecular weight excluding hydrogens is 467 g/mol. The van der Waals surface area contributed by atoms with Gasteiger partial charge in [0.2, 0.25) is 11.8 Å². The Morgan fingerprint density at radius 1 is 1.09 bits per heavy atom. The molecule has 2 amide bonds. The fourth-order valence-corrected chi connectivity index (χ4v) is 6.91. The van der Waals surface area contributed by atoms with Crippen molar-refractivity contribution in [2.45, 2.75) is 81.4 Å². The standard InChI is InChI=1S/C26H37FN4O3S/c1-16(28-2)24(33)30-22(17-7-4-3-5-8-17)26(34)31-14-6-9-21(31)25-29-20(15-35-25)23(32)18-10-12-19(27)13-11-18/h10-13,16-17,20-22,25,28-29H,3-9,14-15H2,1-2H3,(H,30,33)/t16-,20?,21-,22-,25?/m0/s1. The second-order valence-electron chi connectivity index (χ2n) is 9.98. The normalized spacial score (nSPS) is 26.9. The summed E-state index contributed by atoms with van der Waals surface area (Å²) in [6, 6.07) is 4.38. The molecule has 3 fully saturated rings. The number of likely N-dealkylation sites (N-methyl/N-ethyl adjacent to an activating group) is 1. The number of likely N-dealkylation sites (tertiary alicyclic amines) is 1. The molecule has 1 saturated carbocycles. The molecule has 0 bridgehead atoms. The molecule has 2 heterocycles. The van der Waals surface area contributed by atoms with E-state index in [1.54, 1.807) is 25.7 Å². The monoisotopic (exact) mass is 504 g/mol. The van der Waals surface area contributed by atoms with Gasteiger partial charge in [-0.15, -0.1) is 11.8 Å². The molecule has 0 aromatic heterocycles. The Hall–Kier alpha value is -1.97. The lowest BCUT2D eigenvalue weighted by atomic mass is 9.83. The molecule has 2 aliphatic heterocycles. The van der Waals surface area contributed by atoms with Crippen molar-refractivity contribution in [1.82, 2.24) is 20.9 Å². The number of nitrogens with one attached hydrogen (secondary N) is 3. The van der Waals surface area contributed by atoms with Crippen molar-refractivity contribution < 1.29 is 18.8 Å². The maximum Gasteiger partial charge on any atom is 0.245 e. The topological polar surface area (TPSA) is 90.5 Å². The first-order valence-electron chi connectivity index (χ1n) is 12.8. The molecule has 1 aromatic rings. The number of hydrogen-bond acceptors (Lipinski definition) is 6. The van der Waals surface area contributed by atoms with E-state index in [2.05, 4.69) is 16.0 Å². The van der Waals surface area contributed by atoms with Crippen LogP contribution in [-0.2, 0) is 9.59 Å².